The third kappa shape index (κ3) is 8.30. The SMILES string of the molecule is CCNC(=O)C(C)N(Cc1cccc(OC)c1)C(=O)CCCN(c1cc(Cl)ccc1Cl)S(C)(=O)=O. The van der Waals surface area contributed by atoms with Crippen LogP contribution in [0.15, 0.2) is 42.5 Å². The largest absolute Gasteiger partial charge is 0.497 e. The van der Waals surface area contributed by atoms with Crippen molar-refractivity contribution < 1.29 is 22.7 Å². The molecule has 0 spiro atoms. The molecule has 11 heteroatoms. The number of benzene rings is 2. The van der Waals surface area contributed by atoms with Crippen molar-refractivity contribution in [2.45, 2.75) is 39.3 Å². The van der Waals surface area contributed by atoms with Gasteiger partial charge in [-0.2, -0.15) is 0 Å². The minimum atomic E-state index is -3.68. The van der Waals surface area contributed by atoms with E-state index in [0.717, 1.165) is 16.1 Å². The molecule has 8 nitrogen and oxygen atoms in total. The highest BCUT2D eigenvalue weighted by Crippen LogP contribution is 2.31. The summed E-state index contributed by atoms with van der Waals surface area (Å²) in [5, 5.41) is 3.32. The molecule has 192 valence electrons. The molecule has 0 saturated heterocycles. The van der Waals surface area contributed by atoms with Crippen molar-refractivity contribution in [3.05, 3.63) is 58.1 Å². The van der Waals surface area contributed by atoms with Crippen LogP contribution in [0.3, 0.4) is 0 Å². The molecule has 0 heterocycles. The van der Waals surface area contributed by atoms with Gasteiger partial charge in [-0.25, -0.2) is 8.42 Å². The summed E-state index contributed by atoms with van der Waals surface area (Å²) in [6.45, 7) is 4.13. The molecule has 1 unspecified atom stereocenters. The van der Waals surface area contributed by atoms with E-state index in [1.54, 1.807) is 39.2 Å². The van der Waals surface area contributed by atoms with Crippen LogP contribution in [0.1, 0.15) is 32.3 Å². The minimum Gasteiger partial charge on any atom is -0.497 e. The molecule has 1 N–H and O–H groups in total. The van der Waals surface area contributed by atoms with Crippen LogP contribution in [0, 0.1) is 0 Å². The fourth-order valence-corrected chi connectivity index (χ4v) is 4.94. The highest BCUT2D eigenvalue weighted by molar-refractivity contribution is 7.92. The number of likely N-dealkylation sites (N-methyl/N-ethyl adjacent to an activating group) is 1. The second-order valence-corrected chi connectivity index (χ2v) is 10.7. The number of hydrogen-bond acceptors (Lipinski definition) is 5. The van der Waals surface area contributed by atoms with Crippen LogP contribution in [0.4, 0.5) is 5.69 Å². The van der Waals surface area contributed by atoms with Crippen molar-refractivity contribution in [3.8, 4) is 5.75 Å². The van der Waals surface area contributed by atoms with Crippen LogP contribution in [0.2, 0.25) is 10.0 Å². The van der Waals surface area contributed by atoms with E-state index in [1.807, 2.05) is 12.1 Å². The molecule has 1 atom stereocenters. The average Bonchev–Trinajstić information content (AvgIpc) is 2.81. The summed E-state index contributed by atoms with van der Waals surface area (Å²) in [5.74, 6) is 0.0900. The van der Waals surface area contributed by atoms with Gasteiger partial charge in [0.25, 0.3) is 0 Å². The summed E-state index contributed by atoms with van der Waals surface area (Å²) >= 11 is 12.3. The second kappa shape index (κ2) is 13.0. The van der Waals surface area contributed by atoms with Gasteiger partial charge in [-0.05, 0) is 56.2 Å². The molecule has 2 aromatic rings. The second-order valence-electron chi connectivity index (χ2n) is 7.98. The number of halogens is 2. The molecule has 0 bridgehead atoms. The van der Waals surface area contributed by atoms with E-state index in [9.17, 15) is 18.0 Å². The Hall–Kier alpha value is -2.49. The maximum Gasteiger partial charge on any atom is 0.242 e. The summed E-state index contributed by atoms with van der Waals surface area (Å²) in [6, 6.07) is 11.1. The lowest BCUT2D eigenvalue weighted by atomic mass is 10.1. The molecule has 0 aliphatic rings. The number of nitrogens with one attached hydrogen (secondary N) is 1. The highest BCUT2D eigenvalue weighted by atomic mass is 35.5. The molecule has 2 amide bonds. The fraction of sp³-hybridized carbons (Fsp3) is 0.417. The van der Waals surface area contributed by atoms with Crippen molar-refractivity contribution in [1.29, 1.82) is 0 Å². The van der Waals surface area contributed by atoms with Gasteiger partial charge in [0.2, 0.25) is 21.8 Å². The van der Waals surface area contributed by atoms with E-state index < -0.39 is 16.1 Å². The van der Waals surface area contributed by atoms with Gasteiger partial charge >= 0.3 is 0 Å². The molecular formula is C24H31Cl2N3O5S. The van der Waals surface area contributed by atoms with Gasteiger partial charge in [0, 0.05) is 31.1 Å². The van der Waals surface area contributed by atoms with Crippen LogP contribution >= 0.6 is 23.2 Å². The Labute approximate surface area is 217 Å². The Morgan fingerprint density at radius 2 is 1.86 bits per heavy atom. The Morgan fingerprint density at radius 3 is 2.49 bits per heavy atom. The molecule has 0 aliphatic carbocycles. The van der Waals surface area contributed by atoms with Gasteiger partial charge in [-0.15, -0.1) is 0 Å². The topological polar surface area (TPSA) is 96.0 Å². The third-order valence-corrected chi connectivity index (χ3v) is 7.07. The number of sulfonamides is 1. The standard InChI is InChI=1S/C24H31Cl2N3O5S/c1-5-27-24(31)17(2)28(16-18-8-6-9-20(14-18)34-3)23(30)10-7-13-29(35(4,32)33)22-15-19(25)11-12-21(22)26/h6,8-9,11-12,14-15,17H,5,7,10,13,16H2,1-4H3,(H,27,31). The lowest BCUT2D eigenvalue weighted by Crippen LogP contribution is -2.47. The van der Waals surface area contributed by atoms with Crippen LogP contribution in [-0.4, -0.2) is 57.6 Å². The van der Waals surface area contributed by atoms with Crippen LogP contribution in [-0.2, 0) is 26.2 Å². The van der Waals surface area contributed by atoms with Gasteiger partial charge in [-0.1, -0.05) is 35.3 Å². The van der Waals surface area contributed by atoms with Crippen LogP contribution < -0.4 is 14.4 Å². The first-order valence-electron chi connectivity index (χ1n) is 11.1. The predicted molar refractivity (Wildman–Crippen MR) is 140 cm³/mol. The zero-order valence-electron chi connectivity index (χ0n) is 20.3. The third-order valence-electron chi connectivity index (χ3n) is 5.33. The van der Waals surface area contributed by atoms with E-state index in [2.05, 4.69) is 5.32 Å². The van der Waals surface area contributed by atoms with Crippen molar-refractivity contribution in [2.75, 3.05) is 30.8 Å². The van der Waals surface area contributed by atoms with Gasteiger partial charge in [0.1, 0.15) is 11.8 Å². The maximum absolute atomic E-state index is 13.2. The summed E-state index contributed by atoms with van der Waals surface area (Å²) in [7, 11) is -2.13. The molecular weight excluding hydrogens is 513 g/mol. The Balaban J connectivity index is 2.21. The summed E-state index contributed by atoms with van der Waals surface area (Å²) in [4.78, 5) is 27.2. The number of nitrogens with zero attached hydrogens (tertiary/aromatic N) is 2. The minimum absolute atomic E-state index is 0.0210. The van der Waals surface area contributed by atoms with Gasteiger partial charge in [-0.3, -0.25) is 13.9 Å². The molecule has 2 rings (SSSR count). The predicted octanol–water partition coefficient (Wildman–Crippen LogP) is 4.10. The summed E-state index contributed by atoms with van der Waals surface area (Å²) < 4.78 is 31.3. The Kier molecular flexibility index (Phi) is 10.7. The van der Waals surface area contributed by atoms with Gasteiger partial charge in [0.15, 0.2) is 0 Å². The number of amides is 2. The number of carbonyl (C=O) groups excluding carboxylic acids is 2. The molecule has 35 heavy (non-hydrogen) atoms. The number of ether oxygens (including phenoxy) is 1. The summed E-state index contributed by atoms with van der Waals surface area (Å²) in [6.07, 6.45) is 1.31. The molecule has 0 fully saturated rings. The quantitative estimate of drug-likeness (QED) is 0.434. The molecule has 0 saturated carbocycles. The number of hydrogen-bond donors (Lipinski definition) is 1. The highest BCUT2D eigenvalue weighted by Gasteiger charge is 2.27. The van der Waals surface area contributed by atoms with E-state index in [0.29, 0.717) is 17.3 Å². The van der Waals surface area contributed by atoms with Crippen molar-refractivity contribution in [1.82, 2.24) is 10.2 Å². The molecule has 0 radical (unpaired) electrons. The van der Waals surface area contributed by atoms with Gasteiger partial charge < -0.3 is 15.0 Å². The zero-order valence-corrected chi connectivity index (χ0v) is 22.6. The molecule has 2 aromatic carbocycles. The van der Waals surface area contributed by atoms with Crippen molar-refractivity contribution in [2.24, 2.45) is 0 Å². The first kappa shape index (κ1) is 28.7. The lowest BCUT2D eigenvalue weighted by molar-refractivity contribution is -0.140. The molecule has 0 aromatic heterocycles. The fourth-order valence-electron chi connectivity index (χ4n) is 3.53. The first-order valence-corrected chi connectivity index (χ1v) is 13.7. The first-order chi connectivity index (χ1) is 16.5. The normalized spacial score (nSPS) is 12.1. The number of anilines is 1. The number of methoxy groups -OCH3 is 1. The summed E-state index contributed by atoms with van der Waals surface area (Å²) in [5.41, 5.74) is 1.05. The number of carbonyl (C=O) groups is 2. The zero-order chi connectivity index (χ0) is 26.2. The van der Waals surface area contributed by atoms with Crippen LogP contribution in [0.25, 0.3) is 0 Å². The van der Waals surface area contributed by atoms with Crippen molar-refractivity contribution >= 4 is 50.7 Å². The Morgan fingerprint density at radius 1 is 1.14 bits per heavy atom. The monoisotopic (exact) mass is 543 g/mol. The van der Waals surface area contributed by atoms with E-state index in [1.165, 1.54) is 17.0 Å². The lowest BCUT2D eigenvalue weighted by Gasteiger charge is -2.29. The van der Waals surface area contributed by atoms with E-state index in [-0.39, 0.29) is 48.5 Å². The van der Waals surface area contributed by atoms with E-state index >= 15 is 0 Å². The van der Waals surface area contributed by atoms with Gasteiger partial charge in [0.05, 0.1) is 24.1 Å². The molecule has 0 aliphatic heterocycles. The van der Waals surface area contributed by atoms with Crippen LogP contribution in [0.5, 0.6) is 5.75 Å². The Bertz CT molecular complexity index is 1140. The maximum atomic E-state index is 13.2. The van der Waals surface area contributed by atoms with E-state index in [4.69, 9.17) is 27.9 Å². The smallest absolute Gasteiger partial charge is 0.242 e. The number of rotatable bonds is 12. The van der Waals surface area contributed by atoms with Crippen molar-refractivity contribution in [3.63, 3.8) is 0 Å². The average molecular weight is 545 g/mol.